The number of amides is 1. The molecule has 0 aromatic heterocycles. The second kappa shape index (κ2) is 4.98. The average Bonchev–Trinajstić information content (AvgIpc) is 2.41. The van der Waals surface area contributed by atoms with Crippen molar-refractivity contribution >= 4 is 27.8 Å². The number of likely N-dealkylation sites (tertiary alicyclic amines) is 1. The van der Waals surface area contributed by atoms with Gasteiger partial charge in [-0.25, -0.2) is 9.18 Å². The van der Waals surface area contributed by atoms with Gasteiger partial charge in [-0.05, 0) is 12.1 Å². The Morgan fingerprint density at radius 2 is 2.05 bits per heavy atom. The number of ether oxygens (including phenoxy) is 1. The van der Waals surface area contributed by atoms with Gasteiger partial charge in [0.15, 0.2) is 17.3 Å². The number of ketones is 1. The van der Waals surface area contributed by atoms with E-state index in [1.165, 1.54) is 11.0 Å². The molecule has 2 aliphatic rings. The monoisotopic (exact) mass is 357 g/mol. The molecule has 1 spiro atoms. The molecule has 112 valence electrons. The number of benzene rings is 1. The number of hydrogen-bond acceptors (Lipinski definition) is 3. The van der Waals surface area contributed by atoms with E-state index in [2.05, 4.69) is 15.9 Å². The first kappa shape index (κ1) is 14.3. The second-order valence-corrected chi connectivity index (χ2v) is 6.33. The molecule has 0 atom stereocenters. The Morgan fingerprint density at radius 1 is 1.38 bits per heavy atom. The van der Waals surface area contributed by atoms with E-state index in [4.69, 9.17) is 9.84 Å². The lowest BCUT2D eigenvalue weighted by Crippen LogP contribution is -2.52. The van der Waals surface area contributed by atoms with Crippen LogP contribution in [0, 0.1) is 5.82 Å². The minimum absolute atomic E-state index is 0.0155. The SMILES string of the molecule is O=C1CC2(CCN(C(=O)O)CC2)Oc2c(F)cc(Br)cc21. The number of rotatable bonds is 0. The smallest absolute Gasteiger partial charge is 0.407 e. The van der Waals surface area contributed by atoms with Gasteiger partial charge in [-0.3, -0.25) is 4.79 Å². The number of carbonyl (C=O) groups is 2. The first-order valence-corrected chi connectivity index (χ1v) is 7.39. The first-order valence-electron chi connectivity index (χ1n) is 6.59. The predicted octanol–water partition coefficient (Wildman–Crippen LogP) is 3.07. The van der Waals surface area contributed by atoms with Crippen LogP contribution in [-0.2, 0) is 0 Å². The highest BCUT2D eigenvalue weighted by Crippen LogP contribution is 2.41. The Balaban J connectivity index is 1.89. The topological polar surface area (TPSA) is 66.8 Å². The van der Waals surface area contributed by atoms with E-state index in [9.17, 15) is 14.0 Å². The minimum Gasteiger partial charge on any atom is -0.483 e. The summed E-state index contributed by atoms with van der Waals surface area (Å²) < 4.78 is 20.3. The third-order valence-electron chi connectivity index (χ3n) is 4.06. The van der Waals surface area contributed by atoms with Crippen molar-refractivity contribution < 1.29 is 23.8 Å². The maximum Gasteiger partial charge on any atom is 0.407 e. The molecule has 1 amide bonds. The van der Waals surface area contributed by atoms with Crippen LogP contribution in [0.25, 0.3) is 0 Å². The number of fused-ring (bicyclic) bond motifs is 1. The van der Waals surface area contributed by atoms with Crippen LogP contribution < -0.4 is 4.74 Å². The van der Waals surface area contributed by atoms with Crippen molar-refractivity contribution in [2.24, 2.45) is 0 Å². The van der Waals surface area contributed by atoms with Crippen molar-refractivity contribution in [2.45, 2.75) is 24.9 Å². The third-order valence-corrected chi connectivity index (χ3v) is 4.51. The molecule has 21 heavy (non-hydrogen) atoms. The molecule has 1 N–H and O–H groups in total. The van der Waals surface area contributed by atoms with Crippen LogP contribution in [0.2, 0.25) is 0 Å². The van der Waals surface area contributed by atoms with E-state index in [0.29, 0.717) is 17.3 Å². The quantitative estimate of drug-likeness (QED) is 0.774. The zero-order valence-electron chi connectivity index (χ0n) is 11.1. The Morgan fingerprint density at radius 3 is 2.67 bits per heavy atom. The van der Waals surface area contributed by atoms with E-state index in [1.54, 1.807) is 6.07 Å². The molecule has 7 heteroatoms. The summed E-state index contributed by atoms with van der Waals surface area (Å²) in [5.41, 5.74) is -0.543. The van der Waals surface area contributed by atoms with Gasteiger partial charge in [-0.15, -0.1) is 0 Å². The molecule has 0 saturated carbocycles. The van der Waals surface area contributed by atoms with Crippen LogP contribution in [0.1, 0.15) is 29.6 Å². The van der Waals surface area contributed by atoms with Gasteiger partial charge in [0.1, 0.15) is 5.60 Å². The Hall–Kier alpha value is -1.63. The summed E-state index contributed by atoms with van der Waals surface area (Å²) in [5, 5.41) is 8.96. The maximum absolute atomic E-state index is 14.0. The Bertz CT molecular complexity index is 626. The van der Waals surface area contributed by atoms with E-state index in [-0.39, 0.29) is 36.6 Å². The standard InChI is InChI=1S/C14H13BrFNO4/c15-8-5-9-11(18)7-14(21-12(9)10(16)6-8)1-3-17(4-2-14)13(19)20/h5-6H,1-4,7H2,(H,19,20). The van der Waals surface area contributed by atoms with Gasteiger partial charge in [0.05, 0.1) is 12.0 Å². The summed E-state index contributed by atoms with van der Waals surface area (Å²) in [6.07, 6.45) is -0.0499. The minimum atomic E-state index is -0.984. The number of nitrogens with zero attached hydrogens (tertiary/aromatic N) is 1. The summed E-state index contributed by atoms with van der Waals surface area (Å²) >= 11 is 3.16. The van der Waals surface area contributed by atoms with Gasteiger partial charge >= 0.3 is 6.09 Å². The molecule has 5 nitrogen and oxygen atoms in total. The van der Waals surface area contributed by atoms with Gasteiger partial charge in [-0.1, -0.05) is 15.9 Å². The Kier molecular flexibility index (Phi) is 3.39. The van der Waals surface area contributed by atoms with Crippen molar-refractivity contribution in [3.8, 4) is 5.75 Å². The third kappa shape index (κ3) is 2.50. The van der Waals surface area contributed by atoms with Crippen LogP contribution in [0.3, 0.4) is 0 Å². The van der Waals surface area contributed by atoms with E-state index < -0.39 is 17.5 Å². The molecule has 3 rings (SSSR count). The molecular weight excluding hydrogens is 345 g/mol. The molecule has 0 aliphatic carbocycles. The maximum atomic E-state index is 14.0. The molecular formula is C14H13BrFNO4. The summed E-state index contributed by atoms with van der Waals surface area (Å²) in [5.74, 6) is -0.758. The number of piperidine rings is 1. The molecule has 0 radical (unpaired) electrons. The van der Waals surface area contributed by atoms with Crippen LogP contribution in [0.15, 0.2) is 16.6 Å². The lowest BCUT2D eigenvalue weighted by molar-refractivity contribution is -0.00786. The summed E-state index contributed by atoms with van der Waals surface area (Å²) in [7, 11) is 0. The molecule has 1 fully saturated rings. The van der Waals surface area contributed by atoms with Gasteiger partial charge in [0.2, 0.25) is 0 Å². The molecule has 0 unspecified atom stereocenters. The van der Waals surface area contributed by atoms with Crippen molar-refractivity contribution in [1.29, 1.82) is 0 Å². The zero-order valence-corrected chi connectivity index (χ0v) is 12.7. The van der Waals surface area contributed by atoms with Gasteiger partial charge < -0.3 is 14.7 Å². The highest BCUT2D eigenvalue weighted by Gasteiger charge is 2.44. The molecule has 0 bridgehead atoms. The lowest BCUT2D eigenvalue weighted by Gasteiger charge is -2.43. The van der Waals surface area contributed by atoms with Gasteiger partial charge in [-0.2, -0.15) is 0 Å². The van der Waals surface area contributed by atoms with E-state index in [1.807, 2.05) is 0 Å². The highest BCUT2D eigenvalue weighted by atomic mass is 79.9. The largest absolute Gasteiger partial charge is 0.483 e. The van der Waals surface area contributed by atoms with Crippen LogP contribution in [0.5, 0.6) is 5.75 Å². The number of carbonyl (C=O) groups excluding carboxylic acids is 1. The van der Waals surface area contributed by atoms with E-state index >= 15 is 0 Å². The normalized spacial score (nSPS) is 20.1. The summed E-state index contributed by atoms with van der Waals surface area (Å²) in [6, 6.07) is 2.82. The fourth-order valence-corrected chi connectivity index (χ4v) is 3.33. The fourth-order valence-electron chi connectivity index (χ4n) is 2.90. The van der Waals surface area contributed by atoms with Crippen molar-refractivity contribution in [3.63, 3.8) is 0 Å². The second-order valence-electron chi connectivity index (χ2n) is 5.42. The zero-order chi connectivity index (χ0) is 15.2. The fraction of sp³-hybridized carbons (Fsp3) is 0.429. The van der Waals surface area contributed by atoms with Crippen molar-refractivity contribution in [1.82, 2.24) is 4.90 Å². The Labute approximate surface area is 128 Å². The average molecular weight is 358 g/mol. The molecule has 1 saturated heterocycles. The van der Waals surface area contributed by atoms with E-state index in [0.717, 1.165) is 0 Å². The van der Waals surface area contributed by atoms with Crippen LogP contribution in [-0.4, -0.2) is 40.6 Å². The number of carboxylic acid groups (broad SMARTS) is 1. The van der Waals surface area contributed by atoms with Crippen molar-refractivity contribution in [2.75, 3.05) is 13.1 Å². The molecule has 2 aliphatic heterocycles. The predicted molar refractivity (Wildman–Crippen MR) is 75.2 cm³/mol. The number of Topliss-reactive ketones (excluding diaryl/α,β-unsaturated/α-hetero) is 1. The lowest BCUT2D eigenvalue weighted by atomic mass is 9.82. The van der Waals surface area contributed by atoms with Gasteiger partial charge in [0.25, 0.3) is 0 Å². The first-order chi connectivity index (χ1) is 9.90. The molecule has 1 aromatic rings. The summed E-state index contributed by atoms with van der Waals surface area (Å²) in [6.45, 7) is 0.576. The van der Waals surface area contributed by atoms with Crippen LogP contribution in [0.4, 0.5) is 9.18 Å². The number of hydrogen-bond donors (Lipinski definition) is 1. The van der Waals surface area contributed by atoms with Crippen LogP contribution >= 0.6 is 15.9 Å². The van der Waals surface area contributed by atoms with Gasteiger partial charge in [0, 0.05) is 30.4 Å². The summed E-state index contributed by atoms with van der Waals surface area (Å²) in [4.78, 5) is 24.5. The number of halogens is 2. The van der Waals surface area contributed by atoms with Crippen molar-refractivity contribution in [3.05, 3.63) is 28.0 Å². The highest BCUT2D eigenvalue weighted by molar-refractivity contribution is 9.10. The molecule has 2 heterocycles. The molecule has 1 aromatic carbocycles.